The molecule has 0 spiro atoms. The van der Waals surface area contributed by atoms with Crippen LogP contribution in [0.25, 0.3) is 0 Å². The molecule has 34 heavy (non-hydrogen) atoms. The van der Waals surface area contributed by atoms with Gasteiger partial charge in [0, 0.05) is 24.4 Å². The highest BCUT2D eigenvalue weighted by Gasteiger charge is 2.15. The van der Waals surface area contributed by atoms with Crippen LogP contribution in [-0.4, -0.2) is 9.55 Å². The first kappa shape index (κ1) is 31.2. The van der Waals surface area contributed by atoms with E-state index in [-0.39, 0.29) is 0 Å². The number of aromatic nitrogens is 2. The molecule has 0 radical (unpaired) electrons. The minimum Gasteiger partial charge on any atom is -0.332 e. The van der Waals surface area contributed by atoms with E-state index in [1.807, 2.05) is 6.20 Å². The molecule has 1 heterocycles. The van der Waals surface area contributed by atoms with Crippen LogP contribution in [-0.2, 0) is 0 Å². The number of unbranched alkanes of at least 4 members (excludes halogenated alkanes) is 19. The van der Waals surface area contributed by atoms with Gasteiger partial charge >= 0.3 is 0 Å². The molecule has 2 atom stereocenters. The molecule has 1 aromatic rings. The predicted molar refractivity (Wildman–Crippen MR) is 153 cm³/mol. The highest BCUT2D eigenvalue weighted by atomic mass is 15.1. The minimum atomic E-state index is 0.587. The summed E-state index contributed by atoms with van der Waals surface area (Å²) < 4.78 is 2.48. The molecule has 0 aromatic carbocycles. The van der Waals surface area contributed by atoms with Crippen LogP contribution in [0.5, 0.6) is 0 Å². The van der Waals surface area contributed by atoms with Crippen LogP contribution in [0.1, 0.15) is 193 Å². The van der Waals surface area contributed by atoms with Gasteiger partial charge in [0.25, 0.3) is 0 Å². The zero-order valence-corrected chi connectivity index (χ0v) is 24.0. The molecule has 0 N–H and O–H groups in total. The monoisotopic (exact) mass is 474 g/mol. The summed E-state index contributed by atoms with van der Waals surface area (Å²) in [5, 5.41) is 0. The van der Waals surface area contributed by atoms with Gasteiger partial charge in [-0.1, -0.05) is 156 Å². The zero-order valence-electron chi connectivity index (χ0n) is 24.0. The highest BCUT2D eigenvalue weighted by Crippen LogP contribution is 2.26. The number of nitrogens with zero attached hydrogens (tertiary/aromatic N) is 2. The molecular formula is C32H62N2. The number of rotatable bonds is 25. The second-order valence-electron chi connectivity index (χ2n) is 11.2. The largest absolute Gasteiger partial charge is 0.332 e. The molecule has 0 saturated carbocycles. The van der Waals surface area contributed by atoms with Gasteiger partial charge in [0.05, 0.1) is 0 Å². The fourth-order valence-electron chi connectivity index (χ4n) is 5.39. The molecule has 1 aromatic heterocycles. The van der Waals surface area contributed by atoms with Crippen molar-refractivity contribution >= 4 is 0 Å². The Labute approximate surface area is 215 Å². The fourth-order valence-corrected chi connectivity index (χ4v) is 5.39. The van der Waals surface area contributed by atoms with Gasteiger partial charge in [-0.2, -0.15) is 0 Å². The van der Waals surface area contributed by atoms with Crippen molar-refractivity contribution in [1.82, 2.24) is 9.55 Å². The SMILES string of the molecule is CCCCCCCCCCCCCCC(C)n1ccnc1C(C)CCCCCCCCCCC. The van der Waals surface area contributed by atoms with E-state index < -0.39 is 0 Å². The van der Waals surface area contributed by atoms with Gasteiger partial charge in [-0.25, -0.2) is 4.98 Å². The van der Waals surface area contributed by atoms with E-state index in [1.54, 1.807) is 0 Å². The van der Waals surface area contributed by atoms with Crippen LogP contribution in [0.4, 0.5) is 0 Å². The molecule has 2 unspecified atom stereocenters. The van der Waals surface area contributed by atoms with E-state index in [2.05, 4.69) is 38.5 Å². The Balaban J connectivity index is 2.07. The quantitative estimate of drug-likeness (QED) is 0.129. The van der Waals surface area contributed by atoms with Gasteiger partial charge in [-0.05, 0) is 19.8 Å². The number of imidazole rings is 1. The van der Waals surface area contributed by atoms with Crippen molar-refractivity contribution in [3.05, 3.63) is 18.2 Å². The first-order valence-corrected chi connectivity index (χ1v) is 15.7. The number of hydrogen-bond donors (Lipinski definition) is 0. The van der Waals surface area contributed by atoms with E-state index in [0.29, 0.717) is 12.0 Å². The first-order chi connectivity index (χ1) is 16.7. The second kappa shape index (κ2) is 22.7. The Morgan fingerprint density at radius 2 is 0.941 bits per heavy atom. The van der Waals surface area contributed by atoms with Gasteiger partial charge in [-0.3, -0.25) is 0 Å². The van der Waals surface area contributed by atoms with Crippen molar-refractivity contribution < 1.29 is 0 Å². The fraction of sp³-hybridized carbons (Fsp3) is 0.906. The van der Waals surface area contributed by atoms with E-state index in [1.165, 1.54) is 154 Å². The predicted octanol–water partition coefficient (Wildman–Crippen LogP) is 11.6. The Hall–Kier alpha value is -0.790. The molecule has 0 bridgehead atoms. The molecule has 200 valence electrons. The smallest absolute Gasteiger partial charge is 0.111 e. The summed E-state index contributed by atoms with van der Waals surface area (Å²) in [6.45, 7) is 9.39. The van der Waals surface area contributed by atoms with Crippen LogP contribution in [0.3, 0.4) is 0 Å². The lowest BCUT2D eigenvalue weighted by Crippen LogP contribution is -2.11. The molecule has 0 amide bonds. The van der Waals surface area contributed by atoms with E-state index >= 15 is 0 Å². The molecule has 0 aliphatic heterocycles. The Morgan fingerprint density at radius 1 is 0.559 bits per heavy atom. The third kappa shape index (κ3) is 16.0. The minimum absolute atomic E-state index is 0.587. The molecule has 2 nitrogen and oxygen atoms in total. The van der Waals surface area contributed by atoms with Gasteiger partial charge in [0.2, 0.25) is 0 Å². The summed E-state index contributed by atoms with van der Waals surface area (Å²) in [6.07, 6.45) is 36.7. The molecule has 1 rings (SSSR count). The van der Waals surface area contributed by atoms with Crippen molar-refractivity contribution in [2.45, 2.75) is 187 Å². The average Bonchev–Trinajstić information content (AvgIpc) is 3.34. The summed E-state index contributed by atoms with van der Waals surface area (Å²) in [4.78, 5) is 4.77. The normalized spacial score (nSPS) is 13.4. The lowest BCUT2D eigenvalue weighted by atomic mass is 10.00. The van der Waals surface area contributed by atoms with Crippen LogP contribution < -0.4 is 0 Å². The maximum absolute atomic E-state index is 4.77. The molecule has 0 fully saturated rings. The Kier molecular flexibility index (Phi) is 20.8. The summed E-state index contributed by atoms with van der Waals surface area (Å²) in [5.74, 6) is 1.91. The Morgan fingerprint density at radius 3 is 1.38 bits per heavy atom. The summed E-state index contributed by atoms with van der Waals surface area (Å²) in [6, 6.07) is 0.589. The topological polar surface area (TPSA) is 17.8 Å². The third-order valence-electron chi connectivity index (χ3n) is 7.83. The van der Waals surface area contributed by atoms with Crippen molar-refractivity contribution in [2.75, 3.05) is 0 Å². The zero-order chi connectivity index (χ0) is 24.7. The second-order valence-corrected chi connectivity index (χ2v) is 11.2. The van der Waals surface area contributed by atoms with E-state index in [9.17, 15) is 0 Å². The van der Waals surface area contributed by atoms with E-state index in [0.717, 1.165) is 0 Å². The van der Waals surface area contributed by atoms with Gasteiger partial charge in [0.15, 0.2) is 0 Å². The first-order valence-electron chi connectivity index (χ1n) is 15.7. The van der Waals surface area contributed by atoms with Crippen molar-refractivity contribution in [3.8, 4) is 0 Å². The van der Waals surface area contributed by atoms with Crippen LogP contribution in [0, 0.1) is 0 Å². The average molecular weight is 475 g/mol. The van der Waals surface area contributed by atoms with Gasteiger partial charge in [-0.15, -0.1) is 0 Å². The lowest BCUT2D eigenvalue weighted by Gasteiger charge is -2.20. The third-order valence-corrected chi connectivity index (χ3v) is 7.83. The summed E-state index contributed by atoms with van der Waals surface area (Å²) in [5.41, 5.74) is 0. The summed E-state index contributed by atoms with van der Waals surface area (Å²) in [7, 11) is 0. The molecule has 2 heteroatoms. The Bertz CT molecular complexity index is 535. The maximum atomic E-state index is 4.77. The van der Waals surface area contributed by atoms with E-state index in [4.69, 9.17) is 4.98 Å². The molecule has 0 aliphatic carbocycles. The highest BCUT2D eigenvalue weighted by molar-refractivity contribution is 5.00. The number of hydrogen-bond acceptors (Lipinski definition) is 1. The van der Waals surface area contributed by atoms with Crippen LogP contribution >= 0.6 is 0 Å². The van der Waals surface area contributed by atoms with Gasteiger partial charge < -0.3 is 4.57 Å². The van der Waals surface area contributed by atoms with Crippen molar-refractivity contribution in [3.63, 3.8) is 0 Å². The van der Waals surface area contributed by atoms with Gasteiger partial charge in [0.1, 0.15) is 5.82 Å². The van der Waals surface area contributed by atoms with Crippen molar-refractivity contribution in [2.24, 2.45) is 0 Å². The summed E-state index contributed by atoms with van der Waals surface area (Å²) >= 11 is 0. The molecular weight excluding hydrogens is 412 g/mol. The maximum Gasteiger partial charge on any atom is 0.111 e. The van der Waals surface area contributed by atoms with Crippen LogP contribution in [0.2, 0.25) is 0 Å². The molecule has 0 saturated heterocycles. The standard InChI is InChI=1S/C32H62N2/c1-5-7-9-11-13-15-16-17-19-21-23-25-27-31(4)34-29-28-33-32(34)30(3)26-24-22-20-18-14-12-10-8-6-2/h28-31H,5-27H2,1-4H3. The lowest BCUT2D eigenvalue weighted by molar-refractivity contribution is 0.435. The molecule has 0 aliphatic rings. The van der Waals surface area contributed by atoms with Crippen molar-refractivity contribution in [1.29, 1.82) is 0 Å². The van der Waals surface area contributed by atoms with Crippen LogP contribution in [0.15, 0.2) is 12.4 Å².